The van der Waals surface area contributed by atoms with Crippen LogP contribution in [0.1, 0.15) is 44.7 Å². The standard InChI is InChI=1S/C22H34N4O3/c1-14(2)21(27)26-8-6-18(7-9-26)25-22(23-4)24-13-17-12-20-16(10-15(3)29-20)11-19(17)28-5/h11-12,14-15,18H,6-10,13H2,1-5H3,(H2,23,24,25). The van der Waals surface area contributed by atoms with Gasteiger partial charge in [0.2, 0.25) is 5.91 Å². The van der Waals surface area contributed by atoms with E-state index >= 15 is 0 Å². The van der Waals surface area contributed by atoms with Gasteiger partial charge in [-0.1, -0.05) is 13.8 Å². The first-order valence-electron chi connectivity index (χ1n) is 10.5. The largest absolute Gasteiger partial charge is 0.496 e. The smallest absolute Gasteiger partial charge is 0.225 e. The van der Waals surface area contributed by atoms with Crippen LogP contribution in [0.15, 0.2) is 17.1 Å². The summed E-state index contributed by atoms with van der Waals surface area (Å²) in [5, 5.41) is 6.88. The number of nitrogens with zero attached hydrogens (tertiary/aromatic N) is 2. The molecule has 0 radical (unpaired) electrons. The molecule has 0 spiro atoms. The third-order valence-corrected chi connectivity index (χ3v) is 5.61. The summed E-state index contributed by atoms with van der Waals surface area (Å²) in [5.74, 6) is 2.87. The predicted octanol–water partition coefficient (Wildman–Crippen LogP) is 2.33. The number of piperidine rings is 1. The summed E-state index contributed by atoms with van der Waals surface area (Å²) in [7, 11) is 3.47. The van der Waals surface area contributed by atoms with E-state index in [1.165, 1.54) is 5.56 Å². The van der Waals surface area contributed by atoms with Crippen molar-refractivity contribution >= 4 is 11.9 Å². The Kier molecular flexibility index (Phi) is 6.87. The average Bonchev–Trinajstić information content (AvgIpc) is 3.08. The summed E-state index contributed by atoms with van der Waals surface area (Å²) >= 11 is 0. The molecule has 1 atom stereocenters. The zero-order valence-corrected chi connectivity index (χ0v) is 18.2. The third-order valence-electron chi connectivity index (χ3n) is 5.61. The number of methoxy groups -OCH3 is 1. The molecule has 160 valence electrons. The number of carbonyl (C=O) groups excluding carboxylic acids is 1. The fraction of sp³-hybridized carbons (Fsp3) is 0.636. The maximum atomic E-state index is 12.2. The molecule has 1 unspecified atom stereocenters. The summed E-state index contributed by atoms with van der Waals surface area (Å²) in [6.45, 7) is 8.17. The molecule has 7 nitrogen and oxygen atoms in total. The number of amides is 1. The van der Waals surface area contributed by atoms with Gasteiger partial charge in [0.05, 0.1) is 7.11 Å². The molecule has 29 heavy (non-hydrogen) atoms. The Labute approximate surface area is 173 Å². The summed E-state index contributed by atoms with van der Waals surface area (Å²) in [5.41, 5.74) is 2.24. The zero-order valence-electron chi connectivity index (χ0n) is 18.2. The van der Waals surface area contributed by atoms with Crippen LogP contribution < -0.4 is 20.1 Å². The van der Waals surface area contributed by atoms with Gasteiger partial charge in [-0.3, -0.25) is 9.79 Å². The highest BCUT2D eigenvalue weighted by atomic mass is 16.5. The molecule has 1 amide bonds. The lowest BCUT2D eigenvalue weighted by Crippen LogP contribution is -2.50. The summed E-state index contributed by atoms with van der Waals surface area (Å²) < 4.78 is 11.5. The molecule has 0 saturated carbocycles. The maximum Gasteiger partial charge on any atom is 0.225 e. The van der Waals surface area contributed by atoms with Crippen LogP contribution in [0.4, 0.5) is 0 Å². The van der Waals surface area contributed by atoms with E-state index in [9.17, 15) is 4.79 Å². The van der Waals surface area contributed by atoms with Crippen molar-refractivity contribution in [2.45, 2.75) is 58.7 Å². The van der Waals surface area contributed by atoms with Crippen LogP contribution in [0.2, 0.25) is 0 Å². The lowest BCUT2D eigenvalue weighted by atomic mass is 10.0. The van der Waals surface area contributed by atoms with Crippen LogP contribution >= 0.6 is 0 Å². The zero-order chi connectivity index (χ0) is 21.0. The number of nitrogens with one attached hydrogen (secondary N) is 2. The number of likely N-dealkylation sites (tertiary alicyclic amines) is 1. The normalized spacial score (nSPS) is 19.7. The Balaban J connectivity index is 1.54. The van der Waals surface area contributed by atoms with Crippen molar-refractivity contribution in [3.05, 3.63) is 23.3 Å². The Morgan fingerprint density at radius 2 is 2.07 bits per heavy atom. The Bertz CT molecular complexity index is 755. The van der Waals surface area contributed by atoms with Crippen molar-refractivity contribution < 1.29 is 14.3 Å². The number of rotatable bonds is 5. The lowest BCUT2D eigenvalue weighted by Gasteiger charge is -2.34. The Morgan fingerprint density at radius 1 is 1.34 bits per heavy atom. The van der Waals surface area contributed by atoms with Gasteiger partial charge in [0.15, 0.2) is 5.96 Å². The van der Waals surface area contributed by atoms with Crippen LogP contribution in [0, 0.1) is 5.92 Å². The number of guanidine groups is 1. The van der Waals surface area contributed by atoms with Crippen molar-refractivity contribution in [3.63, 3.8) is 0 Å². The minimum absolute atomic E-state index is 0.0585. The van der Waals surface area contributed by atoms with Crippen LogP contribution in [-0.4, -0.2) is 56.2 Å². The molecule has 2 heterocycles. The number of benzene rings is 1. The molecule has 1 aromatic rings. The highest BCUT2D eigenvalue weighted by molar-refractivity contribution is 5.80. The van der Waals surface area contributed by atoms with Gasteiger partial charge >= 0.3 is 0 Å². The lowest BCUT2D eigenvalue weighted by molar-refractivity contribution is -0.135. The quantitative estimate of drug-likeness (QED) is 0.584. The fourth-order valence-corrected chi connectivity index (χ4v) is 3.99. The molecule has 7 heteroatoms. The monoisotopic (exact) mass is 402 g/mol. The summed E-state index contributed by atoms with van der Waals surface area (Å²) in [4.78, 5) is 18.5. The predicted molar refractivity (Wildman–Crippen MR) is 115 cm³/mol. The van der Waals surface area contributed by atoms with Crippen molar-refractivity contribution in [2.75, 3.05) is 27.2 Å². The average molecular weight is 403 g/mol. The molecule has 3 rings (SSSR count). The first-order chi connectivity index (χ1) is 13.9. The van der Waals surface area contributed by atoms with Gasteiger partial charge in [-0.25, -0.2) is 0 Å². The number of ether oxygens (including phenoxy) is 2. The van der Waals surface area contributed by atoms with Gasteiger partial charge in [0.1, 0.15) is 17.6 Å². The molecule has 1 aromatic carbocycles. The highest BCUT2D eigenvalue weighted by Crippen LogP contribution is 2.34. The van der Waals surface area contributed by atoms with Gasteiger partial charge < -0.3 is 25.0 Å². The molecular weight excluding hydrogens is 368 g/mol. The maximum absolute atomic E-state index is 12.2. The van der Waals surface area contributed by atoms with E-state index in [0.29, 0.717) is 12.6 Å². The molecule has 1 fully saturated rings. The van der Waals surface area contributed by atoms with Crippen LogP contribution in [0.3, 0.4) is 0 Å². The number of hydrogen-bond donors (Lipinski definition) is 2. The molecule has 1 saturated heterocycles. The minimum atomic E-state index is 0.0585. The molecule has 0 aliphatic carbocycles. The van der Waals surface area contributed by atoms with Crippen molar-refractivity contribution in [3.8, 4) is 11.5 Å². The Morgan fingerprint density at radius 3 is 2.69 bits per heavy atom. The van der Waals surface area contributed by atoms with Crippen LogP contribution in [0.25, 0.3) is 0 Å². The number of hydrogen-bond acceptors (Lipinski definition) is 4. The van der Waals surface area contributed by atoms with Crippen LogP contribution in [0.5, 0.6) is 11.5 Å². The molecule has 2 aliphatic rings. The molecular formula is C22H34N4O3. The van der Waals surface area contributed by atoms with E-state index < -0.39 is 0 Å². The Hall–Kier alpha value is -2.44. The van der Waals surface area contributed by atoms with E-state index in [-0.39, 0.29) is 17.9 Å². The molecule has 2 aliphatic heterocycles. The van der Waals surface area contributed by atoms with Gasteiger partial charge in [0.25, 0.3) is 0 Å². The minimum Gasteiger partial charge on any atom is -0.496 e. The van der Waals surface area contributed by atoms with Crippen molar-refractivity contribution in [1.29, 1.82) is 0 Å². The van der Waals surface area contributed by atoms with E-state index in [2.05, 4.69) is 34.7 Å². The molecule has 2 N–H and O–H groups in total. The first-order valence-corrected chi connectivity index (χ1v) is 10.5. The van der Waals surface area contributed by atoms with E-state index in [4.69, 9.17) is 9.47 Å². The summed E-state index contributed by atoms with van der Waals surface area (Å²) in [6.07, 6.45) is 2.97. The van der Waals surface area contributed by atoms with Crippen molar-refractivity contribution in [1.82, 2.24) is 15.5 Å². The van der Waals surface area contributed by atoms with E-state index in [1.807, 2.05) is 18.7 Å². The first kappa shape index (κ1) is 21.3. The number of carbonyl (C=O) groups is 1. The van der Waals surface area contributed by atoms with Crippen LogP contribution in [-0.2, 0) is 17.8 Å². The van der Waals surface area contributed by atoms with Crippen molar-refractivity contribution in [2.24, 2.45) is 10.9 Å². The van der Waals surface area contributed by atoms with Gasteiger partial charge in [-0.05, 0) is 31.9 Å². The second-order valence-electron chi connectivity index (χ2n) is 8.23. The topological polar surface area (TPSA) is 75.2 Å². The summed E-state index contributed by atoms with van der Waals surface area (Å²) in [6, 6.07) is 4.45. The van der Waals surface area contributed by atoms with E-state index in [0.717, 1.165) is 55.4 Å². The fourth-order valence-electron chi connectivity index (χ4n) is 3.99. The third kappa shape index (κ3) is 5.14. The number of aliphatic imine (C=N–C) groups is 1. The molecule has 0 aromatic heterocycles. The second kappa shape index (κ2) is 9.37. The highest BCUT2D eigenvalue weighted by Gasteiger charge is 2.25. The second-order valence-corrected chi connectivity index (χ2v) is 8.23. The van der Waals surface area contributed by atoms with Gasteiger partial charge in [0, 0.05) is 56.2 Å². The number of fused-ring (bicyclic) bond motifs is 1. The molecule has 0 bridgehead atoms. The van der Waals surface area contributed by atoms with Gasteiger partial charge in [-0.15, -0.1) is 0 Å². The SMILES string of the molecule is CN=C(NCc1cc2c(cc1OC)CC(C)O2)NC1CCN(C(=O)C(C)C)CC1. The van der Waals surface area contributed by atoms with E-state index in [1.54, 1.807) is 14.2 Å². The van der Waals surface area contributed by atoms with Gasteiger partial charge in [-0.2, -0.15) is 0 Å².